The van der Waals surface area contributed by atoms with Gasteiger partial charge in [0.05, 0.1) is 17.1 Å². The Bertz CT molecular complexity index is 609. The van der Waals surface area contributed by atoms with E-state index in [2.05, 4.69) is 36.6 Å². The zero-order valence-corrected chi connectivity index (χ0v) is 13.9. The van der Waals surface area contributed by atoms with Crippen LogP contribution in [0.5, 0.6) is 5.75 Å². The molecule has 0 aromatic heterocycles. The highest BCUT2D eigenvalue weighted by Crippen LogP contribution is 2.27. The molecule has 104 valence electrons. The zero-order chi connectivity index (χ0) is 14.5. The van der Waals surface area contributed by atoms with Crippen LogP contribution in [0.3, 0.4) is 0 Å². The van der Waals surface area contributed by atoms with E-state index in [9.17, 15) is 4.79 Å². The third kappa shape index (κ3) is 3.84. The number of hydrogen-bond donors (Lipinski definition) is 0. The number of methoxy groups -OCH3 is 1. The Kier molecular flexibility index (Phi) is 5.20. The molecule has 0 saturated carbocycles. The molecule has 0 aliphatic carbocycles. The predicted molar refractivity (Wildman–Crippen MR) is 84.0 cm³/mol. The summed E-state index contributed by atoms with van der Waals surface area (Å²) in [6.07, 6.45) is 0. The summed E-state index contributed by atoms with van der Waals surface area (Å²) < 4.78 is 12.1. The van der Waals surface area contributed by atoms with Gasteiger partial charge in [0.15, 0.2) is 0 Å². The number of halogens is 2. The SMILES string of the molecule is COC(=O)c1ccc(OCc2ccc(Br)cc2)c(Br)c1. The van der Waals surface area contributed by atoms with Gasteiger partial charge in [0.25, 0.3) is 0 Å². The van der Waals surface area contributed by atoms with E-state index in [0.29, 0.717) is 17.9 Å². The molecular formula is C15H12Br2O3. The number of hydrogen-bond acceptors (Lipinski definition) is 3. The smallest absolute Gasteiger partial charge is 0.337 e. The Morgan fingerprint density at radius 3 is 2.40 bits per heavy atom. The summed E-state index contributed by atoms with van der Waals surface area (Å²) in [7, 11) is 1.36. The molecule has 0 N–H and O–H groups in total. The second kappa shape index (κ2) is 6.90. The van der Waals surface area contributed by atoms with E-state index >= 15 is 0 Å². The lowest BCUT2D eigenvalue weighted by atomic mass is 10.2. The second-order valence-corrected chi connectivity index (χ2v) is 5.82. The quantitative estimate of drug-likeness (QED) is 0.706. The van der Waals surface area contributed by atoms with Crippen molar-refractivity contribution in [3.05, 3.63) is 62.5 Å². The maximum Gasteiger partial charge on any atom is 0.337 e. The molecule has 0 atom stereocenters. The van der Waals surface area contributed by atoms with Gasteiger partial charge in [0.2, 0.25) is 0 Å². The summed E-state index contributed by atoms with van der Waals surface area (Å²) in [4.78, 5) is 11.4. The van der Waals surface area contributed by atoms with Crippen molar-refractivity contribution in [2.75, 3.05) is 7.11 Å². The Morgan fingerprint density at radius 2 is 1.80 bits per heavy atom. The first-order chi connectivity index (χ1) is 9.60. The van der Waals surface area contributed by atoms with E-state index < -0.39 is 0 Å². The molecule has 0 aliphatic rings. The van der Waals surface area contributed by atoms with Gasteiger partial charge < -0.3 is 9.47 Å². The minimum absolute atomic E-state index is 0.370. The first kappa shape index (κ1) is 15.1. The molecule has 0 radical (unpaired) electrons. The Balaban J connectivity index is 2.06. The van der Waals surface area contributed by atoms with Crippen molar-refractivity contribution in [3.8, 4) is 5.75 Å². The van der Waals surface area contributed by atoms with Crippen LogP contribution in [0.2, 0.25) is 0 Å². The van der Waals surface area contributed by atoms with Gasteiger partial charge in [-0.1, -0.05) is 28.1 Å². The number of ether oxygens (including phenoxy) is 2. The lowest BCUT2D eigenvalue weighted by Crippen LogP contribution is -2.02. The molecule has 0 spiro atoms. The van der Waals surface area contributed by atoms with Gasteiger partial charge in [-0.2, -0.15) is 0 Å². The van der Waals surface area contributed by atoms with Crippen molar-refractivity contribution in [1.29, 1.82) is 0 Å². The molecule has 2 aromatic carbocycles. The Morgan fingerprint density at radius 1 is 1.10 bits per heavy atom. The van der Waals surface area contributed by atoms with Crippen LogP contribution < -0.4 is 4.74 Å². The molecular weight excluding hydrogens is 388 g/mol. The maximum absolute atomic E-state index is 11.4. The van der Waals surface area contributed by atoms with E-state index in [-0.39, 0.29) is 5.97 Å². The summed E-state index contributed by atoms with van der Waals surface area (Å²) in [6, 6.07) is 13.0. The molecule has 0 aliphatic heterocycles. The Labute approximate surface area is 134 Å². The topological polar surface area (TPSA) is 35.5 Å². The molecule has 20 heavy (non-hydrogen) atoms. The molecule has 0 saturated heterocycles. The van der Waals surface area contributed by atoms with Gasteiger partial charge in [-0.05, 0) is 51.8 Å². The third-order valence-corrected chi connectivity index (χ3v) is 3.81. The normalized spacial score (nSPS) is 10.2. The number of rotatable bonds is 4. The number of esters is 1. The van der Waals surface area contributed by atoms with Gasteiger partial charge in [-0.15, -0.1) is 0 Å². The van der Waals surface area contributed by atoms with Crippen LogP contribution in [-0.4, -0.2) is 13.1 Å². The summed E-state index contributed by atoms with van der Waals surface area (Å²) in [5.41, 5.74) is 1.55. The third-order valence-electron chi connectivity index (χ3n) is 2.66. The van der Waals surface area contributed by atoms with Crippen molar-refractivity contribution in [3.63, 3.8) is 0 Å². The molecule has 0 heterocycles. The van der Waals surface area contributed by atoms with Crippen LogP contribution in [0.1, 0.15) is 15.9 Å². The van der Waals surface area contributed by atoms with Crippen LogP contribution in [0.25, 0.3) is 0 Å². The van der Waals surface area contributed by atoms with Crippen molar-refractivity contribution in [2.45, 2.75) is 6.61 Å². The lowest BCUT2D eigenvalue weighted by Gasteiger charge is -2.09. The number of carbonyl (C=O) groups is 1. The van der Waals surface area contributed by atoms with E-state index in [1.54, 1.807) is 18.2 Å². The molecule has 2 rings (SSSR count). The van der Waals surface area contributed by atoms with Crippen molar-refractivity contribution < 1.29 is 14.3 Å². The predicted octanol–water partition coefficient (Wildman–Crippen LogP) is 4.58. The van der Waals surface area contributed by atoms with Crippen LogP contribution in [-0.2, 0) is 11.3 Å². The molecule has 0 fully saturated rings. The minimum atomic E-state index is -0.370. The first-order valence-corrected chi connectivity index (χ1v) is 7.44. The maximum atomic E-state index is 11.4. The Hall–Kier alpha value is -1.33. The summed E-state index contributed by atoms with van der Waals surface area (Å²) in [6.45, 7) is 0.462. The van der Waals surface area contributed by atoms with E-state index in [1.807, 2.05) is 24.3 Å². The summed E-state index contributed by atoms with van der Waals surface area (Å²) in [5.74, 6) is 0.311. The van der Waals surface area contributed by atoms with Crippen LogP contribution in [0.15, 0.2) is 51.4 Å². The standard InChI is InChI=1S/C15H12Br2O3/c1-19-15(18)11-4-7-14(13(17)8-11)20-9-10-2-5-12(16)6-3-10/h2-8H,9H2,1H3. The zero-order valence-electron chi connectivity index (χ0n) is 10.7. The lowest BCUT2D eigenvalue weighted by molar-refractivity contribution is 0.0600. The van der Waals surface area contributed by atoms with Crippen molar-refractivity contribution >= 4 is 37.8 Å². The van der Waals surface area contributed by atoms with Gasteiger partial charge in [-0.25, -0.2) is 4.79 Å². The van der Waals surface area contributed by atoms with Crippen LogP contribution in [0, 0.1) is 0 Å². The minimum Gasteiger partial charge on any atom is -0.488 e. The molecule has 0 bridgehead atoms. The van der Waals surface area contributed by atoms with Gasteiger partial charge >= 0.3 is 5.97 Å². The largest absolute Gasteiger partial charge is 0.488 e. The molecule has 5 heteroatoms. The fourth-order valence-electron chi connectivity index (χ4n) is 1.60. The van der Waals surface area contributed by atoms with E-state index in [0.717, 1.165) is 14.5 Å². The molecule has 2 aromatic rings. The average Bonchev–Trinajstić information content (AvgIpc) is 2.46. The highest BCUT2D eigenvalue weighted by atomic mass is 79.9. The average molecular weight is 400 g/mol. The number of carbonyl (C=O) groups excluding carboxylic acids is 1. The van der Waals surface area contributed by atoms with E-state index in [1.165, 1.54) is 7.11 Å². The summed E-state index contributed by atoms with van der Waals surface area (Å²) in [5, 5.41) is 0. The second-order valence-electron chi connectivity index (χ2n) is 4.05. The number of benzene rings is 2. The molecule has 0 amide bonds. The van der Waals surface area contributed by atoms with Crippen molar-refractivity contribution in [1.82, 2.24) is 0 Å². The fraction of sp³-hybridized carbons (Fsp3) is 0.133. The van der Waals surface area contributed by atoms with Crippen molar-refractivity contribution in [2.24, 2.45) is 0 Å². The van der Waals surface area contributed by atoms with Crippen LogP contribution in [0.4, 0.5) is 0 Å². The monoisotopic (exact) mass is 398 g/mol. The molecule has 0 unspecified atom stereocenters. The van der Waals surface area contributed by atoms with E-state index in [4.69, 9.17) is 4.74 Å². The fourth-order valence-corrected chi connectivity index (χ4v) is 2.36. The van der Waals surface area contributed by atoms with Gasteiger partial charge in [0.1, 0.15) is 12.4 Å². The van der Waals surface area contributed by atoms with Gasteiger partial charge in [0, 0.05) is 4.47 Å². The summed E-state index contributed by atoms with van der Waals surface area (Å²) >= 11 is 6.78. The van der Waals surface area contributed by atoms with Gasteiger partial charge in [-0.3, -0.25) is 0 Å². The first-order valence-electron chi connectivity index (χ1n) is 5.85. The van der Waals surface area contributed by atoms with Crippen LogP contribution >= 0.6 is 31.9 Å². The highest BCUT2D eigenvalue weighted by Gasteiger charge is 2.09. The molecule has 3 nitrogen and oxygen atoms in total. The highest BCUT2D eigenvalue weighted by molar-refractivity contribution is 9.10.